The molecule has 66 heavy (non-hydrogen) atoms. The van der Waals surface area contributed by atoms with Crippen molar-refractivity contribution in [3.05, 3.63) is 65.9 Å². The van der Waals surface area contributed by atoms with E-state index in [1.165, 1.54) is 7.11 Å². The highest BCUT2D eigenvalue weighted by Gasteiger charge is 2.50. The number of fused-ring (bicyclic) bond motifs is 7. The van der Waals surface area contributed by atoms with Gasteiger partial charge in [-0.1, -0.05) is 38.5 Å². The third-order valence-corrected chi connectivity index (χ3v) is 15.1. The van der Waals surface area contributed by atoms with Crippen molar-refractivity contribution in [3.8, 4) is 28.1 Å². The minimum atomic E-state index is -1.20. The second-order valence-electron chi connectivity index (χ2n) is 19.7. The van der Waals surface area contributed by atoms with Gasteiger partial charge in [0.05, 0.1) is 54.3 Å². The molecular weight excluding hydrogens is 841 g/mol. The number of hydrogen-bond acceptors (Lipinski definition) is 9. The topological polar surface area (TPSA) is 204 Å². The highest BCUT2D eigenvalue weighted by atomic mass is 16.5. The number of nitrogens with zero attached hydrogens (tertiary/aromatic N) is 4. The molecule has 5 N–H and O–H groups in total. The number of carbonyl (C=O) groups excluding carboxylic acids is 3. The number of benzene rings is 3. The van der Waals surface area contributed by atoms with Crippen LogP contribution in [0.5, 0.6) is 5.75 Å². The molecule has 0 spiro atoms. The molecule has 9 atom stereocenters. The van der Waals surface area contributed by atoms with Crippen LogP contribution in [0.4, 0.5) is 9.59 Å². The molecule has 3 saturated heterocycles. The molecule has 10 rings (SSSR count). The van der Waals surface area contributed by atoms with Crippen molar-refractivity contribution in [2.24, 2.45) is 17.8 Å². The largest absolute Gasteiger partial charge is 0.488 e. The van der Waals surface area contributed by atoms with Gasteiger partial charge in [-0.15, -0.1) is 0 Å². The number of ether oxygens (including phenoxy) is 3. The van der Waals surface area contributed by atoms with Gasteiger partial charge in [0.15, 0.2) is 0 Å². The summed E-state index contributed by atoms with van der Waals surface area (Å²) in [6.45, 7) is 10.2. The van der Waals surface area contributed by atoms with Crippen molar-refractivity contribution in [3.63, 3.8) is 0 Å². The Kier molecular flexibility index (Phi) is 11.4. The van der Waals surface area contributed by atoms with Crippen molar-refractivity contribution < 1.29 is 38.5 Å². The monoisotopic (exact) mass is 900 g/mol. The zero-order valence-corrected chi connectivity index (χ0v) is 38.4. The number of carboxylic acid groups (broad SMARTS) is 1. The van der Waals surface area contributed by atoms with E-state index in [4.69, 9.17) is 24.2 Å². The van der Waals surface area contributed by atoms with Crippen LogP contribution in [0.2, 0.25) is 0 Å². The highest BCUT2D eigenvalue weighted by Crippen LogP contribution is 2.48. The number of methoxy groups -OCH3 is 1. The van der Waals surface area contributed by atoms with E-state index in [0.29, 0.717) is 37.0 Å². The summed E-state index contributed by atoms with van der Waals surface area (Å²) in [7, 11) is 1.32. The molecule has 2 aromatic heterocycles. The summed E-state index contributed by atoms with van der Waals surface area (Å²) in [6, 6.07) is 12.5. The van der Waals surface area contributed by atoms with Crippen LogP contribution in [0, 0.1) is 17.8 Å². The van der Waals surface area contributed by atoms with Gasteiger partial charge in [0.1, 0.15) is 36.1 Å². The van der Waals surface area contributed by atoms with E-state index in [1.807, 2.05) is 49.8 Å². The molecular formula is C50H60N8O8. The maximum absolute atomic E-state index is 14.6. The average Bonchev–Trinajstić information content (AvgIpc) is 4.14. The fraction of sp³-hybridized carbons (Fsp3) is 0.520. The molecule has 0 radical (unpaired) electrons. The van der Waals surface area contributed by atoms with Gasteiger partial charge < -0.3 is 49.7 Å². The summed E-state index contributed by atoms with van der Waals surface area (Å²) in [5, 5.41) is 16.9. The molecule has 6 heterocycles. The van der Waals surface area contributed by atoms with Crippen LogP contribution in [-0.4, -0.2) is 102 Å². The predicted octanol–water partition coefficient (Wildman–Crippen LogP) is 8.38. The second-order valence-corrected chi connectivity index (χ2v) is 19.7. The number of aromatic nitrogens is 4. The number of imidazole rings is 2. The van der Waals surface area contributed by atoms with Crippen LogP contribution < -0.4 is 15.4 Å². The van der Waals surface area contributed by atoms with E-state index in [2.05, 4.69) is 63.9 Å². The fourth-order valence-corrected chi connectivity index (χ4v) is 12.0. The highest BCUT2D eigenvalue weighted by molar-refractivity contribution is 6.07. The number of alkyl carbamates (subject to hydrolysis) is 1. The first kappa shape index (κ1) is 43.7. The summed E-state index contributed by atoms with van der Waals surface area (Å²) in [5.74, 6) is 1.93. The molecule has 4 amide bonds. The van der Waals surface area contributed by atoms with Gasteiger partial charge in [0.25, 0.3) is 0 Å². The third-order valence-electron chi connectivity index (χ3n) is 15.1. The zero-order valence-electron chi connectivity index (χ0n) is 38.4. The molecule has 4 aliphatic heterocycles. The first-order valence-corrected chi connectivity index (χ1v) is 23.7. The molecule has 0 bridgehead atoms. The lowest BCUT2D eigenvalue weighted by Crippen LogP contribution is -2.55. The molecule has 0 unspecified atom stereocenters. The molecule has 5 aliphatic rings. The number of H-pyrrole nitrogens is 2. The van der Waals surface area contributed by atoms with Crippen LogP contribution in [0.3, 0.4) is 0 Å². The molecule has 16 heteroatoms. The summed E-state index contributed by atoms with van der Waals surface area (Å²) in [4.78, 5) is 73.9. The lowest BCUT2D eigenvalue weighted by Gasteiger charge is -2.39. The molecule has 1 aliphatic carbocycles. The van der Waals surface area contributed by atoms with Crippen LogP contribution in [-0.2, 0) is 25.7 Å². The van der Waals surface area contributed by atoms with Gasteiger partial charge in [-0.3, -0.25) is 9.59 Å². The van der Waals surface area contributed by atoms with E-state index in [1.54, 1.807) is 0 Å². The molecule has 1 saturated carbocycles. The number of nitrogens with one attached hydrogen (secondary N) is 4. The Bertz CT molecular complexity index is 2700. The molecule has 348 valence electrons. The Balaban J connectivity index is 0.909. The van der Waals surface area contributed by atoms with E-state index in [9.17, 15) is 24.3 Å². The lowest BCUT2D eigenvalue weighted by atomic mass is 9.85. The van der Waals surface area contributed by atoms with Crippen LogP contribution in [0.25, 0.3) is 44.2 Å². The quantitative estimate of drug-likeness (QED) is 0.0956. The number of likely N-dealkylation sites (tertiary alicyclic amines) is 2. The summed E-state index contributed by atoms with van der Waals surface area (Å²) in [6.07, 6.45) is 6.56. The summed E-state index contributed by atoms with van der Waals surface area (Å²) < 4.78 is 17.5. The van der Waals surface area contributed by atoms with E-state index >= 15 is 0 Å². The van der Waals surface area contributed by atoms with E-state index in [-0.39, 0.29) is 60.0 Å². The summed E-state index contributed by atoms with van der Waals surface area (Å²) >= 11 is 0. The van der Waals surface area contributed by atoms with Gasteiger partial charge in [-0.05, 0) is 130 Å². The summed E-state index contributed by atoms with van der Waals surface area (Å²) in [5.41, 5.74) is 6.57. The van der Waals surface area contributed by atoms with Crippen LogP contribution in [0.15, 0.2) is 48.7 Å². The molecule has 3 aromatic carbocycles. The van der Waals surface area contributed by atoms with Crippen LogP contribution in [0.1, 0.15) is 115 Å². The van der Waals surface area contributed by atoms with E-state index < -0.39 is 24.3 Å². The maximum atomic E-state index is 14.6. The first-order valence-electron chi connectivity index (χ1n) is 23.7. The van der Waals surface area contributed by atoms with Crippen molar-refractivity contribution >= 4 is 45.8 Å². The van der Waals surface area contributed by atoms with Crippen molar-refractivity contribution in [1.82, 2.24) is 40.4 Å². The normalized spacial score (nSPS) is 26.7. The molecule has 16 nitrogen and oxygen atoms in total. The Morgan fingerprint density at radius 1 is 0.864 bits per heavy atom. The first-order chi connectivity index (χ1) is 31.8. The minimum absolute atomic E-state index is 0.0362. The fourth-order valence-electron chi connectivity index (χ4n) is 12.0. The Hall–Kier alpha value is -6.16. The predicted molar refractivity (Wildman–Crippen MR) is 246 cm³/mol. The number of hydrogen-bond donors (Lipinski definition) is 5. The van der Waals surface area contributed by atoms with Gasteiger partial charge in [-0.2, -0.15) is 0 Å². The zero-order chi connectivity index (χ0) is 46.1. The molecule has 4 fully saturated rings. The Morgan fingerprint density at radius 3 is 2.42 bits per heavy atom. The smallest absolute Gasteiger partial charge is 0.407 e. The van der Waals surface area contributed by atoms with Crippen molar-refractivity contribution in [2.75, 3.05) is 7.11 Å². The number of rotatable bonds is 9. The SMILES string of the molecule is COC(=O)N[C@H](C(=O)N1[C@@H](C)CC[C@H]1c1nc2ccc3cc4c(cc3c2[nH]1)OCc1cc(-c2cnc([C@@H]3C[C@@H]5CCC[C@@H]5N3C(=O)[C@@H](NC(=O)O)C(C)C)[nH]2)ccc1-4)C1C[C@@H](C)O[C@H](C)C1. The standard InChI is InChI=1S/C50H60N8O8/c1-24(2)42(55-49(61)62)47(59)58-38-9-7-8-30(38)20-40(58)45-51-22-37(53-45)29-11-13-33-32(18-29)23-65-41-21-34-28(19-35(33)41)12-14-36-44(34)54-46(52-36)39-15-10-25(3)57(39)48(60)43(56-50(63)64-6)31-16-26(4)66-27(5)17-31/h11-14,18-19,21-22,24-27,30-31,38-40,42-43,55H,7-10,15-17,20,23H2,1-6H3,(H,51,53)(H,52,54)(H,56,63)(H,61,62)/t25-,26+,27+,30-,38-,39-,40-,42-,43-/m0/s1. The third kappa shape index (κ3) is 7.79. The van der Waals surface area contributed by atoms with Gasteiger partial charge in [0.2, 0.25) is 11.8 Å². The van der Waals surface area contributed by atoms with Crippen LogP contribution >= 0.6 is 0 Å². The van der Waals surface area contributed by atoms with Crippen molar-refractivity contribution in [2.45, 2.75) is 141 Å². The number of aromatic amines is 2. The average molecular weight is 901 g/mol. The minimum Gasteiger partial charge on any atom is -0.488 e. The van der Waals surface area contributed by atoms with Gasteiger partial charge in [0, 0.05) is 23.0 Å². The van der Waals surface area contributed by atoms with E-state index in [0.717, 1.165) is 94.0 Å². The number of carbonyl (C=O) groups is 4. The Morgan fingerprint density at radius 2 is 1.67 bits per heavy atom. The van der Waals surface area contributed by atoms with Gasteiger partial charge in [-0.25, -0.2) is 19.6 Å². The Labute approximate surface area is 383 Å². The van der Waals surface area contributed by atoms with Gasteiger partial charge >= 0.3 is 12.2 Å². The lowest BCUT2D eigenvalue weighted by molar-refractivity contribution is -0.140. The maximum Gasteiger partial charge on any atom is 0.407 e. The second kappa shape index (κ2) is 17.2. The number of amides is 4. The molecule has 5 aromatic rings. The van der Waals surface area contributed by atoms with Crippen molar-refractivity contribution in [1.29, 1.82) is 0 Å².